The van der Waals surface area contributed by atoms with Crippen molar-refractivity contribution >= 4 is 16.0 Å². The molecule has 0 aromatic rings. The Kier molecular flexibility index (Phi) is 2.13. The first-order valence-electron chi connectivity index (χ1n) is 3.03. The molecule has 2 N–H and O–H groups in total. The third-order valence-corrected chi connectivity index (χ3v) is 1.50. The van der Waals surface area contributed by atoms with Gasteiger partial charge in [-0.15, -0.1) is 4.40 Å². The number of rotatable bonds is 1. The third-order valence-electron chi connectivity index (χ3n) is 0.982. The number of sulfonamides is 1. The Balaban J connectivity index is 2.75. The zero-order chi connectivity index (χ0) is 8.32. The van der Waals surface area contributed by atoms with Gasteiger partial charge >= 0.3 is 0 Å². The fourth-order valence-electron chi connectivity index (χ4n) is 0.628. The van der Waals surface area contributed by atoms with E-state index in [1.807, 2.05) is 6.08 Å². The highest BCUT2D eigenvalue weighted by Crippen LogP contribution is 1.86. The van der Waals surface area contributed by atoms with E-state index in [0.29, 0.717) is 6.54 Å². The highest BCUT2D eigenvalue weighted by molar-refractivity contribution is 7.89. The molecule has 0 aromatic carbocycles. The SMILES string of the molecule is CS(=O)(=O)N=C1NC=CCN1. The van der Waals surface area contributed by atoms with Crippen LogP contribution in [0.25, 0.3) is 0 Å². The molecular weight excluding hydrogens is 166 g/mol. The minimum Gasteiger partial charge on any atom is -0.352 e. The van der Waals surface area contributed by atoms with Crippen molar-refractivity contribution in [3.8, 4) is 0 Å². The molecule has 0 saturated carbocycles. The summed E-state index contributed by atoms with van der Waals surface area (Å²) in [5, 5.41) is 5.40. The molecule has 1 aliphatic heterocycles. The molecule has 11 heavy (non-hydrogen) atoms. The van der Waals surface area contributed by atoms with Gasteiger partial charge in [0.2, 0.25) is 5.96 Å². The van der Waals surface area contributed by atoms with Crippen LogP contribution < -0.4 is 10.6 Å². The Bertz CT molecular complexity index is 291. The summed E-state index contributed by atoms with van der Waals surface area (Å²) in [5.74, 6) is 0.273. The molecule has 0 radical (unpaired) electrons. The van der Waals surface area contributed by atoms with Gasteiger partial charge in [0.1, 0.15) is 0 Å². The van der Waals surface area contributed by atoms with Gasteiger partial charge in [0, 0.05) is 12.7 Å². The first-order chi connectivity index (χ1) is 5.08. The van der Waals surface area contributed by atoms with Crippen LogP contribution in [0.3, 0.4) is 0 Å². The van der Waals surface area contributed by atoms with E-state index in [4.69, 9.17) is 0 Å². The second-order valence-corrected chi connectivity index (χ2v) is 3.75. The normalized spacial score (nSPS) is 21.0. The van der Waals surface area contributed by atoms with Crippen LogP contribution in [-0.4, -0.2) is 27.2 Å². The molecule has 0 aliphatic carbocycles. The number of guanidine groups is 1. The largest absolute Gasteiger partial charge is 0.352 e. The fraction of sp³-hybridized carbons (Fsp3) is 0.400. The van der Waals surface area contributed by atoms with E-state index >= 15 is 0 Å². The number of hydrogen-bond donors (Lipinski definition) is 2. The average molecular weight is 175 g/mol. The van der Waals surface area contributed by atoms with Gasteiger partial charge in [0.05, 0.1) is 6.26 Å². The summed E-state index contributed by atoms with van der Waals surface area (Å²) in [6.07, 6.45) is 4.50. The van der Waals surface area contributed by atoms with E-state index in [1.54, 1.807) is 6.20 Å². The summed E-state index contributed by atoms with van der Waals surface area (Å²) < 4.78 is 24.6. The van der Waals surface area contributed by atoms with Gasteiger partial charge in [0.15, 0.2) is 0 Å². The van der Waals surface area contributed by atoms with Crippen molar-refractivity contribution in [2.45, 2.75) is 0 Å². The van der Waals surface area contributed by atoms with Gasteiger partial charge in [0.25, 0.3) is 10.0 Å². The molecule has 1 heterocycles. The maximum absolute atomic E-state index is 10.6. The Labute approximate surface area is 65.3 Å². The molecule has 0 amide bonds. The average Bonchev–Trinajstić information content (AvgIpc) is 1.85. The lowest BCUT2D eigenvalue weighted by Gasteiger charge is -2.10. The quantitative estimate of drug-likeness (QED) is 0.536. The van der Waals surface area contributed by atoms with Crippen molar-refractivity contribution in [2.24, 2.45) is 4.40 Å². The van der Waals surface area contributed by atoms with Crippen molar-refractivity contribution in [2.75, 3.05) is 12.8 Å². The van der Waals surface area contributed by atoms with Crippen molar-refractivity contribution in [1.29, 1.82) is 0 Å². The molecule has 6 heteroatoms. The Morgan fingerprint density at radius 3 is 2.82 bits per heavy atom. The summed E-state index contributed by atoms with van der Waals surface area (Å²) >= 11 is 0. The van der Waals surface area contributed by atoms with Gasteiger partial charge in [-0.2, -0.15) is 0 Å². The minimum absolute atomic E-state index is 0.273. The van der Waals surface area contributed by atoms with Crippen LogP contribution in [-0.2, 0) is 10.0 Å². The lowest BCUT2D eigenvalue weighted by molar-refractivity contribution is 0.603. The van der Waals surface area contributed by atoms with E-state index < -0.39 is 10.0 Å². The van der Waals surface area contributed by atoms with Crippen molar-refractivity contribution in [3.63, 3.8) is 0 Å². The molecular formula is C5H9N3O2S. The van der Waals surface area contributed by atoms with Crippen LogP contribution in [0.2, 0.25) is 0 Å². The van der Waals surface area contributed by atoms with Gasteiger partial charge in [-0.05, 0) is 6.08 Å². The molecule has 1 rings (SSSR count). The van der Waals surface area contributed by atoms with Gasteiger partial charge in [-0.3, -0.25) is 0 Å². The number of hydrogen-bond acceptors (Lipinski definition) is 2. The lowest BCUT2D eigenvalue weighted by Crippen LogP contribution is -2.38. The fourth-order valence-corrected chi connectivity index (χ4v) is 1.08. The smallest absolute Gasteiger partial charge is 0.253 e. The predicted octanol–water partition coefficient (Wildman–Crippen LogP) is -0.991. The molecule has 0 spiro atoms. The zero-order valence-electron chi connectivity index (χ0n) is 6.03. The topological polar surface area (TPSA) is 70.6 Å². The van der Waals surface area contributed by atoms with Gasteiger partial charge < -0.3 is 10.6 Å². The maximum atomic E-state index is 10.6. The summed E-state index contributed by atoms with van der Waals surface area (Å²) in [5.41, 5.74) is 0. The van der Waals surface area contributed by atoms with E-state index in [9.17, 15) is 8.42 Å². The Hall–Kier alpha value is -1.04. The number of nitrogens with one attached hydrogen (secondary N) is 2. The molecule has 5 nitrogen and oxygen atoms in total. The Morgan fingerprint density at radius 2 is 2.36 bits per heavy atom. The van der Waals surface area contributed by atoms with Crippen molar-refractivity contribution in [1.82, 2.24) is 10.6 Å². The summed E-state index contributed by atoms with van der Waals surface area (Å²) in [7, 11) is -3.29. The highest BCUT2D eigenvalue weighted by atomic mass is 32.2. The molecule has 0 atom stereocenters. The summed E-state index contributed by atoms with van der Waals surface area (Å²) in [6, 6.07) is 0. The summed E-state index contributed by atoms with van der Waals surface area (Å²) in [4.78, 5) is 0. The minimum atomic E-state index is -3.29. The second-order valence-electron chi connectivity index (χ2n) is 2.10. The number of nitrogens with zero attached hydrogens (tertiary/aromatic N) is 1. The van der Waals surface area contributed by atoms with Crippen molar-refractivity contribution in [3.05, 3.63) is 12.3 Å². The maximum Gasteiger partial charge on any atom is 0.253 e. The third kappa shape index (κ3) is 3.03. The lowest BCUT2D eigenvalue weighted by atomic mass is 10.5. The van der Waals surface area contributed by atoms with E-state index in [0.717, 1.165) is 6.26 Å². The van der Waals surface area contributed by atoms with Crippen LogP contribution in [0.5, 0.6) is 0 Å². The first kappa shape index (κ1) is 8.06. The summed E-state index contributed by atoms with van der Waals surface area (Å²) in [6.45, 7) is 0.599. The van der Waals surface area contributed by atoms with Crippen LogP contribution in [0, 0.1) is 0 Å². The standard InChI is InChI=1S/C5H9N3O2S/c1-11(9,10)8-5-6-3-2-4-7-5/h2-3H,4H2,1H3,(H2,6,7,8). The zero-order valence-corrected chi connectivity index (χ0v) is 6.85. The van der Waals surface area contributed by atoms with Crippen LogP contribution in [0.1, 0.15) is 0 Å². The molecule has 0 saturated heterocycles. The molecule has 62 valence electrons. The molecule has 0 bridgehead atoms. The van der Waals surface area contributed by atoms with Gasteiger partial charge in [-0.25, -0.2) is 8.42 Å². The first-order valence-corrected chi connectivity index (χ1v) is 4.88. The molecule has 0 aromatic heterocycles. The Morgan fingerprint density at radius 1 is 1.64 bits per heavy atom. The highest BCUT2D eigenvalue weighted by Gasteiger charge is 2.03. The second kappa shape index (κ2) is 2.91. The molecule has 0 unspecified atom stereocenters. The van der Waals surface area contributed by atoms with E-state index in [2.05, 4.69) is 15.0 Å². The van der Waals surface area contributed by atoms with Gasteiger partial charge in [-0.1, -0.05) is 0 Å². The molecule has 1 aliphatic rings. The van der Waals surface area contributed by atoms with E-state index in [-0.39, 0.29) is 5.96 Å². The molecule has 0 fully saturated rings. The predicted molar refractivity (Wildman–Crippen MR) is 42.6 cm³/mol. The van der Waals surface area contributed by atoms with Crippen molar-refractivity contribution < 1.29 is 8.42 Å². The van der Waals surface area contributed by atoms with Crippen LogP contribution >= 0.6 is 0 Å². The van der Waals surface area contributed by atoms with E-state index in [1.165, 1.54) is 0 Å². The van der Waals surface area contributed by atoms with Crippen LogP contribution in [0.15, 0.2) is 16.7 Å². The van der Waals surface area contributed by atoms with Crippen LogP contribution in [0.4, 0.5) is 0 Å². The monoisotopic (exact) mass is 175 g/mol.